The van der Waals surface area contributed by atoms with Crippen molar-refractivity contribution in [2.75, 3.05) is 13.2 Å². The van der Waals surface area contributed by atoms with Gasteiger partial charge in [-0.3, -0.25) is 0 Å². The molecule has 2 rings (SSSR count). The Balaban J connectivity index is 1.94. The summed E-state index contributed by atoms with van der Waals surface area (Å²) in [4.78, 5) is 23.0. The fourth-order valence-electron chi connectivity index (χ4n) is 2.11. The van der Waals surface area contributed by atoms with Gasteiger partial charge in [-0.2, -0.15) is 0 Å². The SMILES string of the molecule is C=C(C)C(=O)O[C@@H]1CO[C@H]2[C@@H]1OC[C@H]2OC(=O)C(=C)C. The second kappa shape index (κ2) is 5.76. The highest BCUT2D eigenvalue weighted by Crippen LogP contribution is 2.31. The standard InChI is InChI=1S/C14H18O6/c1-7(2)13(15)19-9-5-17-12-10(6-18-11(9)12)20-14(16)8(3)4/h9-12H,1,3,5-6H2,2,4H3/t9-,10-,11-,12-/m1/s1. The van der Waals surface area contributed by atoms with Crippen molar-refractivity contribution >= 4 is 11.9 Å². The van der Waals surface area contributed by atoms with Gasteiger partial charge in [-0.1, -0.05) is 13.2 Å². The number of fused-ring (bicyclic) bond motifs is 1. The van der Waals surface area contributed by atoms with Crippen LogP contribution in [-0.2, 0) is 28.5 Å². The molecule has 0 radical (unpaired) electrons. The summed E-state index contributed by atoms with van der Waals surface area (Å²) in [7, 11) is 0. The zero-order valence-corrected chi connectivity index (χ0v) is 11.6. The maximum atomic E-state index is 11.5. The first-order chi connectivity index (χ1) is 9.40. The van der Waals surface area contributed by atoms with Gasteiger partial charge in [-0.05, 0) is 13.8 Å². The second-order valence-corrected chi connectivity index (χ2v) is 5.04. The summed E-state index contributed by atoms with van der Waals surface area (Å²) >= 11 is 0. The van der Waals surface area contributed by atoms with E-state index in [1.54, 1.807) is 13.8 Å². The number of esters is 2. The Labute approximate surface area is 117 Å². The highest BCUT2D eigenvalue weighted by molar-refractivity contribution is 5.87. The maximum absolute atomic E-state index is 11.5. The van der Waals surface area contributed by atoms with E-state index in [0.717, 1.165) is 0 Å². The molecule has 2 heterocycles. The average molecular weight is 282 g/mol. The van der Waals surface area contributed by atoms with Crippen molar-refractivity contribution in [3.63, 3.8) is 0 Å². The van der Waals surface area contributed by atoms with Crippen molar-refractivity contribution in [2.45, 2.75) is 38.3 Å². The fourth-order valence-corrected chi connectivity index (χ4v) is 2.11. The van der Waals surface area contributed by atoms with E-state index >= 15 is 0 Å². The van der Waals surface area contributed by atoms with Crippen LogP contribution in [0.4, 0.5) is 0 Å². The van der Waals surface area contributed by atoms with Crippen molar-refractivity contribution in [2.24, 2.45) is 0 Å². The summed E-state index contributed by atoms with van der Waals surface area (Å²) in [5.74, 6) is -0.963. The van der Waals surface area contributed by atoms with Gasteiger partial charge in [0, 0.05) is 11.1 Å². The number of carbonyl (C=O) groups is 2. The summed E-state index contributed by atoms with van der Waals surface area (Å²) in [6.45, 7) is 10.6. The lowest BCUT2D eigenvalue weighted by Crippen LogP contribution is -2.36. The summed E-state index contributed by atoms with van der Waals surface area (Å²) in [5.41, 5.74) is 0.633. The molecule has 20 heavy (non-hydrogen) atoms. The van der Waals surface area contributed by atoms with Crippen LogP contribution < -0.4 is 0 Å². The van der Waals surface area contributed by atoms with Gasteiger partial charge in [-0.15, -0.1) is 0 Å². The molecule has 6 nitrogen and oxygen atoms in total. The Morgan fingerprint density at radius 2 is 1.25 bits per heavy atom. The van der Waals surface area contributed by atoms with Gasteiger partial charge in [0.05, 0.1) is 13.2 Å². The molecule has 0 bridgehead atoms. The lowest BCUT2D eigenvalue weighted by Gasteiger charge is -2.17. The van der Waals surface area contributed by atoms with Crippen molar-refractivity contribution in [3.05, 3.63) is 24.3 Å². The van der Waals surface area contributed by atoms with Crippen molar-refractivity contribution < 1.29 is 28.5 Å². The van der Waals surface area contributed by atoms with Crippen LogP contribution in [0.25, 0.3) is 0 Å². The largest absolute Gasteiger partial charge is 0.454 e. The molecule has 0 spiro atoms. The minimum atomic E-state index is -0.502. The van der Waals surface area contributed by atoms with Gasteiger partial charge in [-0.25, -0.2) is 9.59 Å². The lowest BCUT2D eigenvalue weighted by atomic mass is 10.1. The molecule has 2 fully saturated rings. The van der Waals surface area contributed by atoms with Crippen molar-refractivity contribution in [3.8, 4) is 0 Å². The highest BCUT2D eigenvalue weighted by atomic mass is 16.7. The first-order valence-corrected chi connectivity index (χ1v) is 6.36. The summed E-state index contributed by atoms with van der Waals surface area (Å²) in [5, 5.41) is 0. The summed E-state index contributed by atoms with van der Waals surface area (Å²) in [6.07, 6.45) is -1.84. The number of rotatable bonds is 4. The van der Waals surface area contributed by atoms with Crippen LogP contribution in [0.3, 0.4) is 0 Å². The molecule has 0 unspecified atom stereocenters. The van der Waals surface area contributed by atoms with E-state index in [2.05, 4.69) is 13.2 Å². The molecule has 0 N–H and O–H groups in total. The molecule has 6 heteroatoms. The van der Waals surface area contributed by atoms with E-state index in [-0.39, 0.29) is 13.2 Å². The van der Waals surface area contributed by atoms with Crippen LogP contribution in [0.15, 0.2) is 24.3 Å². The molecular weight excluding hydrogens is 264 g/mol. The molecule has 2 aliphatic rings. The molecule has 0 aromatic heterocycles. The molecule has 0 saturated carbocycles. The average Bonchev–Trinajstić information content (AvgIpc) is 2.93. The second-order valence-electron chi connectivity index (χ2n) is 5.04. The normalized spacial score (nSPS) is 31.5. The van der Waals surface area contributed by atoms with Gasteiger partial charge in [0.1, 0.15) is 12.2 Å². The highest BCUT2D eigenvalue weighted by Gasteiger charge is 2.51. The number of ether oxygens (including phenoxy) is 4. The minimum Gasteiger partial charge on any atom is -0.454 e. The van der Waals surface area contributed by atoms with E-state index in [1.807, 2.05) is 0 Å². The molecule has 110 valence electrons. The monoisotopic (exact) mass is 282 g/mol. The predicted molar refractivity (Wildman–Crippen MR) is 68.9 cm³/mol. The zero-order valence-electron chi connectivity index (χ0n) is 11.6. The maximum Gasteiger partial charge on any atom is 0.333 e. The number of carbonyl (C=O) groups excluding carboxylic acids is 2. The molecule has 0 aromatic rings. The molecule has 2 saturated heterocycles. The third-order valence-corrected chi connectivity index (χ3v) is 3.18. The zero-order chi connectivity index (χ0) is 14.9. The van der Waals surface area contributed by atoms with Crippen molar-refractivity contribution in [1.29, 1.82) is 0 Å². The topological polar surface area (TPSA) is 71.1 Å². The molecule has 0 amide bonds. The van der Waals surface area contributed by atoms with Crippen molar-refractivity contribution in [1.82, 2.24) is 0 Å². The van der Waals surface area contributed by atoms with Crippen LogP contribution in [-0.4, -0.2) is 49.6 Å². The van der Waals surface area contributed by atoms with Crippen LogP contribution >= 0.6 is 0 Å². The fraction of sp³-hybridized carbons (Fsp3) is 0.571. The summed E-state index contributed by atoms with van der Waals surface area (Å²) in [6, 6.07) is 0. The third-order valence-electron chi connectivity index (χ3n) is 3.18. The third kappa shape index (κ3) is 2.91. The Bertz CT molecular complexity index is 413. The van der Waals surface area contributed by atoms with E-state index in [9.17, 15) is 9.59 Å². The molecule has 0 aliphatic carbocycles. The van der Waals surface area contributed by atoms with Gasteiger partial charge >= 0.3 is 11.9 Å². The van der Waals surface area contributed by atoms with Crippen LogP contribution in [0.5, 0.6) is 0 Å². The molecule has 2 aliphatic heterocycles. The number of hydrogen-bond acceptors (Lipinski definition) is 6. The predicted octanol–water partition coefficient (Wildman–Crippen LogP) is 0.760. The first-order valence-electron chi connectivity index (χ1n) is 6.36. The molecule has 4 atom stereocenters. The van der Waals surface area contributed by atoms with Gasteiger partial charge < -0.3 is 18.9 Å². The van der Waals surface area contributed by atoms with E-state index in [1.165, 1.54) is 0 Å². The number of hydrogen-bond donors (Lipinski definition) is 0. The van der Waals surface area contributed by atoms with E-state index in [0.29, 0.717) is 11.1 Å². The molecule has 0 aromatic carbocycles. The van der Waals surface area contributed by atoms with Crippen LogP contribution in [0, 0.1) is 0 Å². The molecular formula is C14H18O6. The lowest BCUT2D eigenvalue weighted by molar-refractivity contribution is -0.150. The first kappa shape index (κ1) is 14.7. The van der Waals surface area contributed by atoms with Gasteiger partial charge in [0.25, 0.3) is 0 Å². The van der Waals surface area contributed by atoms with E-state index in [4.69, 9.17) is 18.9 Å². The smallest absolute Gasteiger partial charge is 0.333 e. The van der Waals surface area contributed by atoms with Crippen LogP contribution in [0.2, 0.25) is 0 Å². The van der Waals surface area contributed by atoms with Gasteiger partial charge in [0.2, 0.25) is 0 Å². The Morgan fingerprint density at radius 1 is 0.900 bits per heavy atom. The minimum absolute atomic E-state index is 0.218. The Morgan fingerprint density at radius 3 is 1.55 bits per heavy atom. The summed E-state index contributed by atoms with van der Waals surface area (Å²) < 4.78 is 21.5. The van der Waals surface area contributed by atoms with E-state index < -0.39 is 36.4 Å². The Kier molecular flexibility index (Phi) is 4.25. The van der Waals surface area contributed by atoms with Gasteiger partial charge in [0.15, 0.2) is 12.2 Å². The van der Waals surface area contributed by atoms with Crippen LogP contribution in [0.1, 0.15) is 13.8 Å². The Hall–Kier alpha value is -1.66. The quantitative estimate of drug-likeness (QED) is 0.560.